The van der Waals surface area contributed by atoms with E-state index in [2.05, 4.69) is 7.28 Å². The molecule has 0 aliphatic carbocycles. The smallest absolute Gasteiger partial charge is 0.338 e. The average Bonchev–Trinajstić information content (AvgIpc) is 2.16. The van der Waals surface area contributed by atoms with Crippen LogP contribution in [-0.2, 0) is 11.1 Å². The quantitative estimate of drug-likeness (QED) is 0.574. The molecule has 3 heteroatoms. The van der Waals surface area contributed by atoms with Gasteiger partial charge >= 0.3 is 5.97 Å². The van der Waals surface area contributed by atoms with Crippen molar-refractivity contribution in [3.8, 4) is 0 Å². The van der Waals surface area contributed by atoms with Crippen molar-refractivity contribution >= 4 is 13.2 Å². The lowest BCUT2D eigenvalue weighted by molar-refractivity contribution is 0.00696. The maximum Gasteiger partial charge on any atom is 0.338 e. The second kappa shape index (κ2) is 5.19. The van der Waals surface area contributed by atoms with E-state index in [4.69, 9.17) is 4.74 Å². The molecule has 2 nitrogen and oxygen atoms in total. The monoisotopic (exact) mass is 217 g/mol. The van der Waals surface area contributed by atoms with E-state index < -0.39 is 5.60 Å². The Hall–Kier alpha value is -1.25. The van der Waals surface area contributed by atoms with Gasteiger partial charge in [-0.2, -0.15) is 0 Å². The summed E-state index contributed by atoms with van der Waals surface area (Å²) in [5.74, 6) is -0.264. The summed E-state index contributed by atoms with van der Waals surface area (Å²) in [5, 5.41) is 0. The van der Waals surface area contributed by atoms with Crippen LogP contribution in [0.4, 0.5) is 0 Å². The van der Waals surface area contributed by atoms with E-state index in [-0.39, 0.29) is 5.97 Å². The van der Waals surface area contributed by atoms with Crippen LogP contribution in [0.15, 0.2) is 24.3 Å². The van der Waals surface area contributed by atoms with Crippen LogP contribution in [0.1, 0.15) is 36.7 Å². The van der Waals surface area contributed by atoms with E-state index in [1.165, 1.54) is 5.56 Å². The van der Waals surface area contributed by atoms with Crippen LogP contribution >= 0.6 is 0 Å². The van der Waals surface area contributed by atoms with Crippen LogP contribution in [0.2, 0.25) is 6.82 Å². The molecule has 0 unspecified atom stereocenters. The fourth-order valence-electron chi connectivity index (χ4n) is 1.35. The summed E-state index contributed by atoms with van der Waals surface area (Å²) in [4.78, 5) is 11.7. The Kier molecular flexibility index (Phi) is 4.16. The molecule has 0 saturated heterocycles. The number of hydrogen-bond acceptors (Lipinski definition) is 2. The molecule has 0 bridgehead atoms. The summed E-state index contributed by atoms with van der Waals surface area (Å²) in [7, 11) is 2.09. The average molecular weight is 217 g/mol. The number of benzene rings is 1. The lowest BCUT2D eigenvalue weighted by Crippen LogP contribution is -2.23. The number of rotatable bonds is 3. The number of hydrogen-bond donors (Lipinski definition) is 0. The van der Waals surface area contributed by atoms with Gasteiger partial charge in [0.05, 0.1) is 5.56 Å². The first kappa shape index (κ1) is 12.8. The van der Waals surface area contributed by atoms with Gasteiger partial charge in [-0.25, -0.2) is 4.79 Å². The third kappa shape index (κ3) is 4.09. The second-order valence-electron chi connectivity index (χ2n) is 4.81. The highest BCUT2D eigenvalue weighted by Gasteiger charge is 2.17. The molecule has 0 heterocycles. The summed E-state index contributed by atoms with van der Waals surface area (Å²) in [5.41, 5.74) is 1.37. The minimum atomic E-state index is -0.438. The van der Waals surface area contributed by atoms with E-state index in [1.807, 2.05) is 51.9 Å². The molecule has 0 saturated carbocycles. The highest BCUT2D eigenvalue weighted by molar-refractivity contribution is 6.32. The Morgan fingerprint density at radius 1 is 1.25 bits per heavy atom. The van der Waals surface area contributed by atoms with E-state index in [1.54, 1.807) is 0 Å². The fraction of sp³-hybridized carbons (Fsp3) is 0.462. The van der Waals surface area contributed by atoms with Crippen molar-refractivity contribution in [3.63, 3.8) is 0 Å². The Morgan fingerprint density at radius 2 is 1.81 bits per heavy atom. The molecule has 0 atom stereocenters. The first-order valence-electron chi connectivity index (χ1n) is 5.52. The maximum absolute atomic E-state index is 11.7. The molecule has 16 heavy (non-hydrogen) atoms. The first-order valence-corrected chi connectivity index (χ1v) is 5.52. The molecule has 0 spiro atoms. The molecular formula is C13H18BO2. The maximum atomic E-state index is 11.7. The van der Waals surface area contributed by atoms with Crippen molar-refractivity contribution in [1.29, 1.82) is 0 Å². The van der Waals surface area contributed by atoms with Crippen LogP contribution in [0.5, 0.6) is 0 Å². The van der Waals surface area contributed by atoms with Crippen molar-refractivity contribution < 1.29 is 9.53 Å². The molecule has 0 aromatic heterocycles. The van der Waals surface area contributed by atoms with Crippen molar-refractivity contribution in [2.45, 2.75) is 39.5 Å². The molecule has 0 aliphatic rings. The minimum absolute atomic E-state index is 0.264. The zero-order valence-electron chi connectivity index (χ0n) is 10.4. The third-order valence-electron chi connectivity index (χ3n) is 2.03. The van der Waals surface area contributed by atoms with Gasteiger partial charge in [-0.1, -0.05) is 30.8 Å². The third-order valence-corrected chi connectivity index (χ3v) is 2.03. The van der Waals surface area contributed by atoms with Gasteiger partial charge in [0.15, 0.2) is 0 Å². The van der Waals surface area contributed by atoms with Crippen molar-refractivity contribution in [2.75, 3.05) is 0 Å². The molecule has 1 rings (SSSR count). The molecule has 0 aliphatic heterocycles. The zero-order valence-corrected chi connectivity index (χ0v) is 10.4. The lowest BCUT2D eigenvalue weighted by Gasteiger charge is -2.19. The van der Waals surface area contributed by atoms with E-state index in [0.717, 1.165) is 6.32 Å². The van der Waals surface area contributed by atoms with Crippen molar-refractivity contribution in [1.82, 2.24) is 0 Å². The van der Waals surface area contributed by atoms with Gasteiger partial charge in [-0.05, 0) is 32.9 Å². The second-order valence-corrected chi connectivity index (χ2v) is 4.81. The predicted octanol–water partition coefficient (Wildman–Crippen LogP) is 2.89. The van der Waals surface area contributed by atoms with Crippen molar-refractivity contribution in [3.05, 3.63) is 35.4 Å². The number of ether oxygens (including phenoxy) is 1. The first-order chi connectivity index (χ1) is 7.42. The van der Waals surface area contributed by atoms with Crippen LogP contribution < -0.4 is 0 Å². The topological polar surface area (TPSA) is 26.3 Å². The lowest BCUT2D eigenvalue weighted by atomic mass is 9.75. The number of carbonyl (C=O) groups is 1. The predicted molar refractivity (Wildman–Crippen MR) is 66.9 cm³/mol. The Bertz CT molecular complexity index is 349. The SMILES string of the molecule is C[B]Cc1ccc(C(=O)OC(C)(C)C)cc1. The van der Waals surface area contributed by atoms with Gasteiger partial charge in [0, 0.05) is 0 Å². The van der Waals surface area contributed by atoms with Gasteiger partial charge < -0.3 is 4.74 Å². The van der Waals surface area contributed by atoms with Gasteiger partial charge in [-0.3, -0.25) is 0 Å². The fourth-order valence-corrected chi connectivity index (χ4v) is 1.35. The molecule has 0 N–H and O–H groups in total. The highest BCUT2D eigenvalue weighted by Crippen LogP contribution is 2.12. The Balaban J connectivity index is 2.70. The number of esters is 1. The van der Waals surface area contributed by atoms with Crippen LogP contribution in [0, 0.1) is 0 Å². The van der Waals surface area contributed by atoms with E-state index in [9.17, 15) is 4.79 Å². The standard InChI is InChI=1S/C13H18BO2/c1-13(2,3)16-12(15)11-7-5-10(6-8-11)9-14-4/h5-8H,9H2,1-4H3. The van der Waals surface area contributed by atoms with Crippen LogP contribution in [-0.4, -0.2) is 18.8 Å². The molecule has 0 amide bonds. The summed E-state index contributed by atoms with van der Waals surface area (Å²) in [6, 6.07) is 7.54. The van der Waals surface area contributed by atoms with E-state index >= 15 is 0 Å². The molecular weight excluding hydrogens is 199 g/mol. The zero-order chi connectivity index (χ0) is 12.2. The van der Waals surface area contributed by atoms with Crippen LogP contribution in [0.3, 0.4) is 0 Å². The summed E-state index contributed by atoms with van der Waals surface area (Å²) in [6.45, 7) is 7.61. The Morgan fingerprint density at radius 3 is 2.25 bits per heavy atom. The summed E-state index contributed by atoms with van der Waals surface area (Å²) < 4.78 is 5.28. The minimum Gasteiger partial charge on any atom is -0.456 e. The largest absolute Gasteiger partial charge is 0.456 e. The van der Waals surface area contributed by atoms with Gasteiger partial charge in [-0.15, -0.1) is 0 Å². The van der Waals surface area contributed by atoms with Crippen LogP contribution in [0.25, 0.3) is 0 Å². The van der Waals surface area contributed by atoms with Crippen molar-refractivity contribution in [2.24, 2.45) is 0 Å². The highest BCUT2D eigenvalue weighted by atomic mass is 16.6. The summed E-state index contributed by atoms with van der Waals surface area (Å²) in [6.07, 6.45) is 0.925. The van der Waals surface area contributed by atoms with Gasteiger partial charge in [0.1, 0.15) is 12.9 Å². The van der Waals surface area contributed by atoms with Gasteiger partial charge in [0.25, 0.3) is 0 Å². The molecule has 85 valence electrons. The van der Waals surface area contributed by atoms with Gasteiger partial charge in [0.2, 0.25) is 0 Å². The normalized spacial score (nSPS) is 11.0. The molecule has 1 aromatic rings. The Labute approximate surface area is 98.2 Å². The molecule has 1 aromatic carbocycles. The summed E-state index contributed by atoms with van der Waals surface area (Å²) >= 11 is 0. The molecule has 1 radical (unpaired) electrons. The molecule has 0 fully saturated rings. The van der Waals surface area contributed by atoms with E-state index in [0.29, 0.717) is 5.56 Å². The number of carbonyl (C=O) groups excluding carboxylic acids is 1.